The molecule has 30 heavy (non-hydrogen) atoms. The predicted molar refractivity (Wildman–Crippen MR) is 113 cm³/mol. The van der Waals surface area contributed by atoms with Crippen LogP contribution in [0.1, 0.15) is 28.9 Å². The number of rotatable bonds is 7. The van der Waals surface area contributed by atoms with Gasteiger partial charge in [-0.1, -0.05) is 22.9 Å². The van der Waals surface area contributed by atoms with Crippen molar-refractivity contribution in [2.24, 2.45) is 5.92 Å². The van der Waals surface area contributed by atoms with Gasteiger partial charge in [-0.3, -0.25) is 14.4 Å². The van der Waals surface area contributed by atoms with Crippen LogP contribution in [0.3, 0.4) is 0 Å². The summed E-state index contributed by atoms with van der Waals surface area (Å²) in [7, 11) is 0. The van der Waals surface area contributed by atoms with E-state index in [2.05, 4.69) is 34.3 Å². The van der Waals surface area contributed by atoms with E-state index in [1.54, 1.807) is 10.9 Å². The molecule has 0 saturated carbocycles. The SMILES string of the molecule is Cc1ccc(OC[C@H]2CCCN(C(=O)c3cn(CCN4CCOCC4)nn3)C2)cc1. The van der Waals surface area contributed by atoms with E-state index in [0.29, 0.717) is 24.8 Å². The van der Waals surface area contributed by atoms with E-state index >= 15 is 0 Å². The summed E-state index contributed by atoms with van der Waals surface area (Å²) >= 11 is 0. The molecule has 1 amide bonds. The van der Waals surface area contributed by atoms with Crippen LogP contribution in [-0.4, -0.2) is 83.2 Å². The standard InChI is InChI=1S/C22H31N5O3/c1-18-4-6-20(7-5-18)30-17-19-3-2-8-26(15-19)22(28)21-16-27(24-23-21)10-9-25-11-13-29-14-12-25/h4-7,16,19H,2-3,8-15,17H2,1H3/t19-/m0/s1. The Morgan fingerprint density at radius 3 is 2.77 bits per heavy atom. The molecule has 0 aliphatic carbocycles. The van der Waals surface area contributed by atoms with E-state index in [4.69, 9.17) is 9.47 Å². The second-order valence-corrected chi connectivity index (χ2v) is 8.20. The molecule has 1 atom stereocenters. The molecule has 3 heterocycles. The number of hydrogen-bond acceptors (Lipinski definition) is 6. The maximum absolute atomic E-state index is 12.9. The van der Waals surface area contributed by atoms with Crippen LogP contribution in [0.25, 0.3) is 0 Å². The molecular formula is C22H31N5O3. The average Bonchev–Trinajstić information content (AvgIpc) is 3.27. The number of aromatic nitrogens is 3. The highest BCUT2D eigenvalue weighted by atomic mass is 16.5. The minimum Gasteiger partial charge on any atom is -0.493 e. The molecule has 162 valence electrons. The lowest BCUT2D eigenvalue weighted by Crippen LogP contribution is -2.41. The van der Waals surface area contributed by atoms with Crippen molar-refractivity contribution in [3.05, 3.63) is 41.7 Å². The summed E-state index contributed by atoms with van der Waals surface area (Å²) in [6, 6.07) is 8.09. The molecule has 2 fully saturated rings. The summed E-state index contributed by atoms with van der Waals surface area (Å²) in [5, 5.41) is 8.28. The van der Waals surface area contributed by atoms with Gasteiger partial charge in [-0.25, -0.2) is 0 Å². The first kappa shape index (κ1) is 20.8. The van der Waals surface area contributed by atoms with Gasteiger partial charge in [0.25, 0.3) is 5.91 Å². The van der Waals surface area contributed by atoms with Gasteiger partial charge in [0, 0.05) is 38.6 Å². The number of morpholine rings is 1. The molecule has 2 aromatic rings. The third kappa shape index (κ3) is 5.58. The lowest BCUT2D eigenvalue weighted by molar-refractivity contribution is 0.0359. The first-order valence-corrected chi connectivity index (χ1v) is 10.9. The van der Waals surface area contributed by atoms with E-state index in [-0.39, 0.29) is 5.91 Å². The van der Waals surface area contributed by atoms with Gasteiger partial charge in [-0.05, 0) is 31.9 Å². The quantitative estimate of drug-likeness (QED) is 0.690. The van der Waals surface area contributed by atoms with E-state index in [9.17, 15) is 4.79 Å². The zero-order valence-corrected chi connectivity index (χ0v) is 17.7. The fourth-order valence-electron chi connectivity index (χ4n) is 3.97. The number of piperidine rings is 1. The summed E-state index contributed by atoms with van der Waals surface area (Å²) in [5.74, 6) is 1.18. The van der Waals surface area contributed by atoms with Crippen molar-refractivity contribution in [1.82, 2.24) is 24.8 Å². The zero-order chi connectivity index (χ0) is 20.8. The summed E-state index contributed by atoms with van der Waals surface area (Å²) in [6.45, 7) is 9.23. The van der Waals surface area contributed by atoms with Crippen LogP contribution < -0.4 is 4.74 Å². The van der Waals surface area contributed by atoms with E-state index in [0.717, 1.165) is 64.5 Å². The molecule has 1 aromatic carbocycles. The normalized spacial score (nSPS) is 20.3. The largest absolute Gasteiger partial charge is 0.493 e. The van der Waals surface area contributed by atoms with Crippen molar-refractivity contribution in [2.45, 2.75) is 26.3 Å². The number of amides is 1. The van der Waals surface area contributed by atoms with Crippen molar-refractivity contribution in [2.75, 3.05) is 52.5 Å². The number of hydrogen-bond donors (Lipinski definition) is 0. The van der Waals surface area contributed by atoms with Crippen LogP contribution in [0, 0.1) is 12.8 Å². The van der Waals surface area contributed by atoms with E-state index in [1.165, 1.54) is 5.56 Å². The summed E-state index contributed by atoms with van der Waals surface area (Å²) < 4.78 is 13.1. The molecular weight excluding hydrogens is 382 g/mol. The second-order valence-electron chi connectivity index (χ2n) is 8.20. The van der Waals surface area contributed by atoms with Crippen molar-refractivity contribution in [1.29, 1.82) is 0 Å². The van der Waals surface area contributed by atoms with Gasteiger partial charge in [0.1, 0.15) is 5.75 Å². The molecule has 0 spiro atoms. The van der Waals surface area contributed by atoms with Gasteiger partial charge in [0.05, 0.1) is 32.6 Å². The van der Waals surface area contributed by atoms with Gasteiger partial charge in [-0.2, -0.15) is 0 Å². The lowest BCUT2D eigenvalue weighted by atomic mass is 9.98. The van der Waals surface area contributed by atoms with E-state index < -0.39 is 0 Å². The molecule has 8 nitrogen and oxygen atoms in total. The number of ether oxygens (including phenoxy) is 2. The topological polar surface area (TPSA) is 72.7 Å². The first-order valence-electron chi connectivity index (χ1n) is 10.9. The Morgan fingerprint density at radius 1 is 1.17 bits per heavy atom. The van der Waals surface area contributed by atoms with Crippen LogP contribution >= 0.6 is 0 Å². The Morgan fingerprint density at radius 2 is 1.97 bits per heavy atom. The monoisotopic (exact) mass is 413 g/mol. The van der Waals surface area contributed by atoms with Gasteiger partial charge in [-0.15, -0.1) is 5.10 Å². The molecule has 8 heteroatoms. The number of benzene rings is 1. The molecule has 2 aliphatic heterocycles. The molecule has 0 N–H and O–H groups in total. The van der Waals surface area contributed by atoms with Crippen molar-refractivity contribution < 1.29 is 14.3 Å². The maximum Gasteiger partial charge on any atom is 0.276 e. The molecule has 2 saturated heterocycles. The highest BCUT2D eigenvalue weighted by molar-refractivity contribution is 5.92. The Labute approximate surface area is 177 Å². The first-order chi connectivity index (χ1) is 14.7. The number of aryl methyl sites for hydroxylation is 1. The van der Waals surface area contributed by atoms with Crippen LogP contribution in [0.5, 0.6) is 5.75 Å². The molecule has 0 unspecified atom stereocenters. The van der Waals surface area contributed by atoms with Crippen molar-refractivity contribution in [3.8, 4) is 5.75 Å². The Bertz CT molecular complexity index is 816. The Hall–Kier alpha value is -2.45. The molecule has 1 aromatic heterocycles. The molecule has 0 bridgehead atoms. The number of nitrogens with zero attached hydrogens (tertiary/aromatic N) is 5. The number of likely N-dealkylation sites (tertiary alicyclic amines) is 1. The molecule has 2 aliphatic rings. The van der Waals surface area contributed by atoms with Crippen LogP contribution in [0.2, 0.25) is 0 Å². The third-order valence-electron chi connectivity index (χ3n) is 5.82. The predicted octanol–water partition coefficient (Wildman–Crippen LogP) is 1.85. The van der Waals surface area contributed by atoms with Crippen molar-refractivity contribution in [3.63, 3.8) is 0 Å². The smallest absolute Gasteiger partial charge is 0.276 e. The van der Waals surface area contributed by atoms with Gasteiger partial charge >= 0.3 is 0 Å². The fraction of sp³-hybridized carbons (Fsp3) is 0.591. The lowest BCUT2D eigenvalue weighted by Gasteiger charge is -2.32. The van der Waals surface area contributed by atoms with Crippen LogP contribution in [-0.2, 0) is 11.3 Å². The minimum atomic E-state index is -0.0346. The number of carbonyl (C=O) groups is 1. The summed E-state index contributed by atoms with van der Waals surface area (Å²) in [4.78, 5) is 17.2. The second kappa shape index (κ2) is 10.0. The van der Waals surface area contributed by atoms with Gasteiger partial charge in [0.15, 0.2) is 5.69 Å². The molecule has 0 radical (unpaired) electrons. The Balaban J connectivity index is 1.26. The maximum atomic E-state index is 12.9. The zero-order valence-electron chi connectivity index (χ0n) is 17.7. The molecule has 4 rings (SSSR count). The third-order valence-corrected chi connectivity index (χ3v) is 5.82. The highest BCUT2D eigenvalue weighted by Crippen LogP contribution is 2.20. The minimum absolute atomic E-state index is 0.0346. The Kier molecular flexibility index (Phi) is 6.96. The highest BCUT2D eigenvalue weighted by Gasteiger charge is 2.26. The summed E-state index contributed by atoms with van der Waals surface area (Å²) in [5.41, 5.74) is 1.65. The average molecular weight is 414 g/mol. The van der Waals surface area contributed by atoms with Crippen molar-refractivity contribution >= 4 is 5.91 Å². The van der Waals surface area contributed by atoms with Gasteiger partial charge < -0.3 is 14.4 Å². The summed E-state index contributed by atoms with van der Waals surface area (Å²) in [6.07, 6.45) is 3.83. The number of carbonyl (C=O) groups excluding carboxylic acids is 1. The van der Waals surface area contributed by atoms with Crippen LogP contribution in [0.4, 0.5) is 0 Å². The van der Waals surface area contributed by atoms with Gasteiger partial charge in [0.2, 0.25) is 0 Å². The van der Waals surface area contributed by atoms with E-state index in [1.807, 2.05) is 17.0 Å². The van der Waals surface area contributed by atoms with Crippen LogP contribution in [0.15, 0.2) is 30.5 Å². The fourth-order valence-corrected chi connectivity index (χ4v) is 3.97.